The molecule has 1 heterocycles. The molecule has 0 aliphatic carbocycles. The predicted octanol–water partition coefficient (Wildman–Crippen LogP) is 2.76. The molecule has 0 spiro atoms. The molecular weight excluding hydrogens is 314 g/mol. The summed E-state index contributed by atoms with van der Waals surface area (Å²) >= 11 is 0. The van der Waals surface area contributed by atoms with E-state index in [-0.39, 0.29) is 0 Å². The number of para-hydroxylation sites is 1. The van der Waals surface area contributed by atoms with Crippen molar-refractivity contribution < 1.29 is 9.84 Å². The molecule has 1 atom stereocenters. The van der Waals surface area contributed by atoms with Crippen LogP contribution in [0.1, 0.15) is 24.2 Å². The zero-order chi connectivity index (χ0) is 17.6. The van der Waals surface area contributed by atoms with Crippen LogP contribution in [0.3, 0.4) is 0 Å². The van der Waals surface area contributed by atoms with Crippen LogP contribution in [-0.2, 0) is 6.42 Å². The number of fused-ring (bicyclic) bond motifs is 1. The lowest BCUT2D eigenvalue weighted by molar-refractivity contribution is 0.186. The fourth-order valence-corrected chi connectivity index (χ4v) is 3.08. The Hall–Kier alpha value is -2.53. The molecule has 0 fully saturated rings. The Morgan fingerprint density at radius 2 is 2.12 bits per heavy atom. The molecular formula is C20H25N3O2. The molecule has 25 heavy (non-hydrogen) atoms. The lowest BCUT2D eigenvalue weighted by atomic mass is 10.1. The first kappa shape index (κ1) is 17.3. The van der Waals surface area contributed by atoms with Crippen molar-refractivity contribution in [2.75, 3.05) is 31.6 Å². The predicted molar refractivity (Wildman–Crippen MR) is 101 cm³/mol. The van der Waals surface area contributed by atoms with Crippen LogP contribution in [0.25, 0.3) is 0 Å². The van der Waals surface area contributed by atoms with E-state index in [0.717, 1.165) is 36.8 Å². The summed E-state index contributed by atoms with van der Waals surface area (Å²) in [6.07, 6.45) is 0.348. The number of aliphatic hydroxyl groups is 1. The molecule has 5 nitrogen and oxygen atoms in total. The number of guanidine groups is 1. The monoisotopic (exact) mass is 339 g/mol. The van der Waals surface area contributed by atoms with Crippen LogP contribution in [0.15, 0.2) is 53.5 Å². The van der Waals surface area contributed by atoms with Crippen molar-refractivity contribution in [2.24, 2.45) is 4.99 Å². The molecule has 1 unspecified atom stereocenters. The van der Waals surface area contributed by atoms with E-state index in [0.29, 0.717) is 6.54 Å². The molecule has 0 saturated carbocycles. The number of benzene rings is 2. The van der Waals surface area contributed by atoms with Crippen molar-refractivity contribution in [3.8, 4) is 5.75 Å². The van der Waals surface area contributed by atoms with Gasteiger partial charge in [0.25, 0.3) is 0 Å². The van der Waals surface area contributed by atoms with Crippen molar-refractivity contribution in [2.45, 2.75) is 19.4 Å². The van der Waals surface area contributed by atoms with Crippen LogP contribution in [0.5, 0.6) is 5.75 Å². The number of aliphatic imine (C=N–C) groups is 1. The molecule has 0 amide bonds. The lowest BCUT2D eigenvalue weighted by Crippen LogP contribution is -2.40. The van der Waals surface area contributed by atoms with E-state index in [1.54, 1.807) is 7.11 Å². The van der Waals surface area contributed by atoms with Gasteiger partial charge in [0.15, 0.2) is 5.96 Å². The fraction of sp³-hybridized carbons (Fsp3) is 0.350. The van der Waals surface area contributed by atoms with Gasteiger partial charge in [-0.3, -0.25) is 0 Å². The number of hydrogen-bond acceptors (Lipinski definition) is 3. The third-order valence-electron chi connectivity index (χ3n) is 4.37. The van der Waals surface area contributed by atoms with Gasteiger partial charge in [0.05, 0.1) is 19.8 Å². The Kier molecular flexibility index (Phi) is 5.56. The molecule has 1 aliphatic heterocycles. The van der Waals surface area contributed by atoms with Crippen molar-refractivity contribution in [1.29, 1.82) is 0 Å². The second-order valence-electron chi connectivity index (χ2n) is 6.02. The Bertz CT molecular complexity index is 745. The highest BCUT2D eigenvalue weighted by atomic mass is 16.5. The van der Waals surface area contributed by atoms with E-state index in [4.69, 9.17) is 4.74 Å². The molecule has 3 rings (SSSR count). The first-order valence-electron chi connectivity index (χ1n) is 8.68. The van der Waals surface area contributed by atoms with E-state index in [1.807, 2.05) is 30.3 Å². The third kappa shape index (κ3) is 3.94. The number of ether oxygens (including phenoxy) is 1. The fourth-order valence-electron chi connectivity index (χ4n) is 3.08. The zero-order valence-corrected chi connectivity index (χ0v) is 14.8. The van der Waals surface area contributed by atoms with Crippen LogP contribution < -0.4 is 15.0 Å². The highest BCUT2D eigenvalue weighted by Crippen LogP contribution is 2.27. The molecule has 0 saturated heterocycles. The number of nitrogens with one attached hydrogen (secondary N) is 1. The average molecular weight is 339 g/mol. The quantitative estimate of drug-likeness (QED) is 0.650. The molecule has 5 heteroatoms. The molecule has 0 radical (unpaired) electrons. The first-order chi connectivity index (χ1) is 12.2. The van der Waals surface area contributed by atoms with Gasteiger partial charge in [0, 0.05) is 18.8 Å². The minimum atomic E-state index is -0.665. The van der Waals surface area contributed by atoms with Crippen molar-refractivity contribution >= 4 is 11.6 Å². The van der Waals surface area contributed by atoms with Crippen LogP contribution in [0, 0.1) is 0 Å². The first-order valence-corrected chi connectivity index (χ1v) is 8.68. The summed E-state index contributed by atoms with van der Waals surface area (Å²) in [5.41, 5.74) is 3.33. The number of methoxy groups -OCH3 is 1. The Morgan fingerprint density at radius 3 is 2.92 bits per heavy atom. The summed E-state index contributed by atoms with van der Waals surface area (Å²) in [6.45, 7) is 4.04. The molecule has 2 aromatic carbocycles. The van der Waals surface area contributed by atoms with Gasteiger partial charge in [0.1, 0.15) is 5.75 Å². The summed E-state index contributed by atoms with van der Waals surface area (Å²) < 4.78 is 5.22. The average Bonchev–Trinajstić information content (AvgIpc) is 3.09. The Labute approximate surface area is 149 Å². The van der Waals surface area contributed by atoms with Gasteiger partial charge < -0.3 is 20.1 Å². The van der Waals surface area contributed by atoms with Crippen LogP contribution in [0.4, 0.5) is 5.69 Å². The summed E-state index contributed by atoms with van der Waals surface area (Å²) in [5.74, 6) is 1.55. The number of hydrogen-bond donors (Lipinski definition) is 2. The molecule has 0 bridgehead atoms. The highest BCUT2D eigenvalue weighted by molar-refractivity contribution is 5.98. The van der Waals surface area contributed by atoms with Gasteiger partial charge in [-0.25, -0.2) is 4.99 Å². The number of aliphatic hydroxyl groups excluding tert-OH is 1. The SMILES string of the molecule is CCNC(=NCC(O)c1cccc(OC)c1)N1CCc2ccccc21. The maximum Gasteiger partial charge on any atom is 0.198 e. The number of rotatable bonds is 5. The lowest BCUT2D eigenvalue weighted by Gasteiger charge is -2.23. The van der Waals surface area contributed by atoms with Crippen LogP contribution in [0.2, 0.25) is 0 Å². The van der Waals surface area contributed by atoms with Gasteiger partial charge in [0.2, 0.25) is 0 Å². The van der Waals surface area contributed by atoms with Gasteiger partial charge in [-0.1, -0.05) is 30.3 Å². The summed E-state index contributed by atoms with van der Waals surface area (Å²) in [7, 11) is 1.62. The minimum Gasteiger partial charge on any atom is -0.497 e. The van der Waals surface area contributed by atoms with E-state index < -0.39 is 6.10 Å². The normalized spacial score (nSPS) is 15.0. The maximum absolute atomic E-state index is 10.5. The van der Waals surface area contributed by atoms with Gasteiger partial charge in [-0.15, -0.1) is 0 Å². The zero-order valence-electron chi connectivity index (χ0n) is 14.8. The molecule has 0 aromatic heterocycles. The summed E-state index contributed by atoms with van der Waals surface area (Å²) in [4.78, 5) is 6.86. The Morgan fingerprint density at radius 1 is 1.28 bits per heavy atom. The van der Waals surface area contributed by atoms with E-state index in [1.165, 1.54) is 11.3 Å². The minimum absolute atomic E-state index is 0.300. The van der Waals surface area contributed by atoms with Crippen molar-refractivity contribution in [1.82, 2.24) is 5.32 Å². The molecule has 1 aliphatic rings. The topological polar surface area (TPSA) is 57.1 Å². The molecule has 132 valence electrons. The van der Waals surface area contributed by atoms with Crippen molar-refractivity contribution in [3.63, 3.8) is 0 Å². The smallest absolute Gasteiger partial charge is 0.198 e. The van der Waals surface area contributed by atoms with Gasteiger partial charge >= 0.3 is 0 Å². The highest BCUT2D eigenvalue weighted by Gasteiger charge is 2.22. The van der Waals surface area contributed by atoms with Crippen molar-refractivity contribution in [3.05, 3.63) is 59.7 Å². The summed E-state index contributed by atoms with van der Waals surface area (Å²) in [5, 5.41) is 13.8. The third-order valence-corrected chi connectivity index (χ3v) is 4.37. The number of nitrogens with zero attached hydrogens (tertiary/aromatic N) is 2. The summed E-state index contributed by atoms with van der Waals surface area (Å²) in [6, 6.07) is 15.9. The van der Waals surface area contributed by atoms with E-state index in [2.05, 4.69) is 40.3 Å². The van der Waals surface area contributed by atoms with Gasteiger partial charge in [-0.05, 0) is 42.7 Å². The number of anilines is 1. The largest absolute Gasteiger partial charge is 0.497 e. The maximum atomic E-state index is 10.5. The van der Waals surface area contributed by atoms with Gasteiger partial charge in [-0.2, -0.15) is 0 Å². The molecule has 2 N–H and O–H groups in total. The Balaban J connectivity index is 1.76. The van der Waals surface area contributed by atoms with E-state index >= 15 is 0 Å². The molecule has 2 aromatic rings. The van der Waals surface area contributed by atoms with Crippen LogP contribution >= 0.6 is 0 Å². The van der Waals surface area contributed by atoms with E-state index in [9.17, 15) is 5.11 Å². The second-order valence-corrected chi connectivity index (χ2v) is 6.02. The van der Waals surface area contributed by atoms with Crippen LogP contribution in [-0.4, -0.2) is 37.8 Å². The second kappa shape index (κ2) is 8.03. The standard InChI is InChI=1S/C20H25N3O2/c1-3-21-20(23-12-11-15-7-4-5-10-18(15)23)22-14-19(24)16-8-6-9-17(13-16)25-2/h4-10,13,19,24H,3,11-12,14H2,1-2H3,(H,21,22).